The van der Waals surface area contributed by atoms with Gasteiger partial charge in [0.25, 0.3) is 0 Å². The summed E-state index contributed by atoms with van der Waals surface area (Å²) < 4.78 is 14.9. The predicted octanol–water partition coefficient (Wildman–Crippen LogP) is 4.72. The van der Waals surface area contributed by atoms with E-state index in [1.807, 2.05) is 6.92 Å². The lowest BCUT2D eigenvalue weighted by Crippen LogP contribution is -2.53. The number of rotatable bonds is 3. The molecule has 0 amide bonds. The molecule has 0 bridgehead atoms. The molecule has 1 spiro atoms. The Morgan fingerprint density at radius 1 is 1.11 bits per heavy atom. The van der Waals surface area contributed by atoms with E-state index in [2.05, 4.69) is 34.6 Å². The van der Waals surface area contributed by atoms with Crippen LogP contribution in [0.5, 0.6) is 5.88 Å². The molecule has 13 heteroatoms. The van der Waals surface area contributed by atoms with E-state index in [0.717, 1.165) is 97.9 Å². The molecule has 246 valence electrons. The van der Waals surface area contributed by atoms with Gasteiger partial charge < -0.3 is 29.9 Å². The molecule has 3 N–H and O–H groups in total. The smallest absolute Gasteiger partial charge is 0.246 e. The molecule has 3 aliphatic carbocycles. The highest BCUT2D eigenvalue weighted by molar-refractivity contribution is 7.16. The van der Waals surface area contributed by atoms with E-state index in [4.69, 9.17) is 35.2 Å². The maximum absolute atomic E-state index is 11.2. The number of aromatic nitrogens is 5. The van der Waals surface area contributed by atoms with Crippen molar-refractivity contribution in [3.63, 3.8) is 0 Å². The highest BCUT2D eigenvalue weighted by Gasteiger charge is 2.49. The minimum absolute atomic E-state index is 0.0634. The van der Waals surface area contributed by atoms with E-state index in [0.29, 0.717) is 53.6 Å². The van der Waals surface area contributed by atoms with Gasteiger partial charge in [-0.1, -0.05) is 5.16 Å². The number of piperidine rings is 1. The Bertz CT molecular complexity index is 1950. The second-order valence-electron chi connectivity index (χ2n) is 14.9. The zero-order valence-electron chi connectivity index (χ0n) is 27.3. The molecular formula is C34H41N9O3S. The number of nitrogen functional groups attached to an aromatic ring is 1. The summed E-state index contributed by atoms with van der Waals surface area (Å²) in [5.74, 6) is 2.65. The number of likely N-dealkylation sites (N-methyl/N-ethyl adjacent to an activating group) is 1. The van der Waals surface area contributed by atoms with Gasteiger partial charge in [-0.25, -0.2) is 14.6 Å². The Kier molecular flexibility index (Phi) is 6.50. The van der Waals surface area contributed by atoms with E-state index < -0.39 is 11.0 Å². The number of nitrogens with zero attached hydrogens (tertiary/aromatic N) is 8. The second-order valence-corrected chi connectivity index (χ2v) is 16.0. The van der Waals surface area contributed by atoms with Crippen molar-refractivity contribution in [3.8, 4) is 23.5 Å². The molecule has 6 heterocycles. The fraction of sp³-hybridized carbons (Fsp3) is 0.618. The van der Waals surface area contributed by atoms with Gasteiger partial charge in [-0.15, -0.1) is 16.4 Å². The van der Waals surface area contributed by atoms with Crippen LogP contribution in [0.3, 0.4) is 0 Å². The largest absolute Gasteiger partial charge is 0.474 e. The van der Waals surface area contributed by atoms with Crippen LogP contribution in [-0.2, 0) is 18.3 Å². The second kappa shape index (κ2) is 10.4. The van der Waals surface area contributed by atoms with Crippen molar-refractivity contribution in [1.29, 1.82) is 5.26 Å². The van der Waals surface area contributed by atoms with Crippen molar-refractivity contribution < 1.29 is 14.4 Å². The van der Waals surface area contributed by atoms with Crippen molar-refractivity contribution in [2.75, 3.05) is 37.9 Å². The van der Waals surface area contributed by atoms with Gasteiger partial charge >= 0.3 is 0 Å². The summed E-state index contributed by atoms with van der Waals surface area (Å²) in [6, 6.07) is 2.95. The first-order chi connectivity index (χ1) is 22.7. The number of hydrogen-bond donors (Lipinski definition) is 2. The molecule has 4 aromatic heterocycles. The van der Waals surface area contributed by atoms with Gasteiger partial charge in [0.2, 0.25) is 5.88 Å². The standard InChI is InChI=1S/C34H41N9O3S/c1-33(44)14-11-18-16-45-32-24-30(42(18)17-33)37-29(38-31(24)43(39-32)22-9-4-8-21(22)41(2)3)26-19-7-5-12-34(27(19)46-40-26)13-6-10-23-25(34)20(15-35)28(36)47-23/h18,21-22,44H,4-14,16-17,36H2,1-3H3/t18-,21-,22-,33-,34+/m1/s1. The topological polar surface area (TPSA) is 155 Å². The molecule has 47 heavy (non-hydrogen) atoms. The van der Waals surface area contributed by atoms with E-state index in [1.165, 1.54) is 4.88 Å². The number of fused-ring (bicyclic) bond motifs is 6. The summed E-state index contributed by atoms with van der Waals surface area (Å²) in [4.78, 5) is 16.2. The van der Waals surface area contributed by atoms with Crippen LogP contribution in [0.2, 0.25) is 0 Å². The van der Waals surface area contributed by atoms with Crippen molar-refractivity contribution in [2.24, 2.45) is 0 Å². The first kappa shape index (κ1) is 29.4. The number of hydrogen-bond acceptors (Lipinski definition) is 12. The van der Waals surface area contributed by atoms with Crippen molar-refractivity contribution >= 4 is 33.2 Å². The van der Waals surface area contributed by atoms with E-state index in [-0.39, 0.29) is 12.1 Å². The molecule has 12 nitrogen and oxygen atoms in total. The average Bonchev–Trinajstić information content (AvgIpc) is 3.82. The monoisotopic (exact) mass is 655 g/mol. The lowest BCUT2D eigenvalue weighted by atomic mass is 9.63. The number of aryl methyl sites for hydroxylation is 1. The SMILES string of the molecule is CN(C)[C@@H]1CCC[C@H]1n1nc2c3c(nc(-c4noc5c4CCC[C@@]54CCCc5sc(N)c(C#N)c54)nc31)N1C[C@](C)(O)CC[C@@H]1CO2. The molecular weight excluding hydrogens is 615 g/mol. The number of anilines is 2. The van der Waals surface area contributed by atoms with Crippen LogP contribution in [0.1, 0.15) is 98.1 Å². The highest BCUT2D eigenvalue weighted by Crippen LogP contribution is 2.55. The van der Waals surface area contributed by atoms with Gasteiger partial charge in [0.1, 0.15) is 28.9 Å². The van der Waals surface area contributed by atoms with Gasteiger partial charge in [-0.3, -0.25) is 0 Å². The highest BCUT2D eigenvalue weighted by atomic mass is 32.1. The number of nitriles is 1. The molecule has 4 aromatic rings. The summed E-state index contributed by atoms with van der Waals surface area (Å²) in [6.45, 7) is 2.82. The third-order valence-corrected chi connectivity index (χ3v) is 12.7. The number of nitrogens with two attached hydrogens (primary N) is 1. The number of thiophene rings is 1. The van der Waals surface area contributed by atoms with Gasteiger partial charge in [-0.2, -0.15) is 5.26 Å². The number of aliphatic hydroxyl groups is 1. The van der Waals surface area contributed by atoms with Crippen LogP contribution in [0.15, 0.2) is 4.52 Å². The summed E-state index contributed by atoms with van der Waals surface area (Å²) in [6.07, 6.45) is 10.2. The molecule has 0 unspecified atom stereocenters. The molecule has 1 saturated heterocycles. The Hall–Kier alpha value is -3.73. The third-order valence-electron chi connectivity index (χ3n) is 11.6. The van der Waals surface area contributed by atoms with Crippen LogP contribution in [0.25, 0.3) is 22.6 Å². The molecule has 9 rings (SSSR count). The minimum atomic E-state index is -0.852. The fourth-order valence-corrected chi connectivity index (χ4v) is 10.6. The maximum Gasteiger partial charge on any atom is 0.246 e. The van der Waals surface area contributed by atoms with Crippen LogP contribution in [-0.4, -0.2) is 79.8 Å². The molecule has 0 aromatic carbocycles. The fourth-order valence-electron chi connectivity index (χ4n) is 9.47. The first-order valence-corrected chi connectivity index (χ1v) is 17.9. The minimum Gasteiger partial charge on any atom is -0.474 e. The summed E-state index contributed by atoms with van der Waals surface area (Å²) >= 11 is 1.55. The van der Waals surface area contributed by atoms with E-state index in [1.54, 1.807) is 11.3 Å². The normalized spacial score (nSPS) is 29.8. The van der Waals surface area contributed by atoms with Crippen LogP contribution >= 0.6 is 11.3 Å². The summed E-state index contributed by atoms with van der Waals surface area (Å²) in [5.41, 5.74) is 9.18. The van der Waals surface area contributed by atoms with Crippen LogP contribution in [0, 0.1) is 11.3 Å². The molecule has 1 saturated carbocycles. The van der Waals surface area contributed by atoms with E-state index >= 15 is 0 Å². The zero-order chi connectivity index (χ0) is 32.2. The summed E-state index contributed by atoms with van der Waals surface area (Å²) in [5, 5.41) is 32.7. The lowest BCUT2D eigenvalue weighted by Gasteiger charge is -2.42. The zero-order valence-corrected chi connectivity index (χ0v) is 28.1. The molecule has 5 aliphatic rings. The van der Waals surface area contributed by atoms with E-state index in [9.17, 15) is 10.4 Å². The Morgan fingerprint density at radius 2 is 1.94 bits per heavy atom. The predicted molar refractivity (Wildman–Crippen MR) is 178 cm³/mol. The Balaban J connectivity index is 1.25. The van der Waals surface area contributed by atoms with Crippen LogP contribution < -0.4 is 15.4 Å². The van der Waals surface area contributed by atoms with Crippen molar-refractivity contribution in [3.05, 3.63) is 27.3 Å². The molecule has 2 aliphatic heterocycles. The van der Waals surface area contributed by atoms with Gasteiger partial charge in [0.15, 0.2) is 22.9 Å². The van der Waals surface area contributed by atoms with Crippen molar-refractivity contribution in [2.45, 2.75) is 107 Å². The Labute approximate surface area is 277 Å². The molecule has 5 atom stereocenters. The van der Waals surface area contributed by atoms with Gasteiger partial charge in [0, 0.05) is 23.0 Å². The first-order valence-electron chi connectivity index (χ1n) is 17.1. The Morgan fingerprint density at radius 3 is 2.74 bits per heavy atom. The number of ether oxygens (including phenoxy) is 1. The van der Waals surface area contributed by atoms with Gasteiger partial charge in [0.05, 0.1) is 28.7 Å². The average molecular weight is 656 g/mol. The summed E-state index contributed by atoms with van der Waals surface area (Å²) in [7, 11) is 4.27. The quantitative estimate of drug-likeness (QED) is 0.315. The van der Waals surface area contributed by atoms with Gasteiger partial charge in [-0.05, 0) is 97.2 Å². The maximum atomic E-state index is 11.2. The third kappa shape index (κ3) is 4.23. The van der Waals surface area contributed by atoms with Crippen LogP contribution in [0.4, 0.5) is 10.8 Å². The molecule has 0 radical (unpaired) electrons. The van der Waals surface area contributed by atoms with Crippen molar-refractivity contribution in [1.82, 2.24) is 29.8 Å². The molecule has 2 fully saturated rings. The lowest BCUT2D eigenvalue weighted by molar-refractivity contribution is 0.0321.